The quantitative estimate of drug-likeness (QED) is 0.550. The summed E-state index contributed by atoms with van der Waals surface area (Å²) in [6.07, 6.45) is 0.670. The molecule has 13 heavy (non-hydrogen) atoms. The smallest absolute Gasteiger partial charge is 0.0589 e. The van der Waals surface area contributed by atoms with Crippen LogP contribution in [0, 0.1) is 0 Å². The Kier molecular flexibility index (Phi) is 8.33. The first-order valence-corrected chi connectivity index (χ1v) is 4.82. The number of nitrogens with zero attached hydrogens (tertiary/aromatic N) is 1. The summed E-state index contributed by atoms with van der Waals surface area (Å²) in [5, 5.41) is 8.68. The number of methoxy groups -OCH3 is 1. The van der Waals surface area contributed by atoms with Crippen molar-refractivity contribution in [2.75, 3.05) is 40.0 Å². The van der Waals surface area contributed by atoms with Gasteiger partial charge in [-0.2, -0.15) is 0 Å². The second kappa shape index (κ2) is 8.44. The Morgan fingerprint density at radius 1 is 1.54 bits per heavy atom. The molecular weight excluding hydrogens is 168 g/mol. The predicted molar refractivity (Wildman–Crippen MR) is 53.7 cm³/mol. The maximum atomic E-state index is 8.68. The van der Waals surface area contributed by atoms with Gasteiger partial charge in [0.1, 0.15) is 0 Å². The highest BCUT2D eigenvalue weighted by Gasteiger charge is 2.07. The maximum Gasteiger partial charge on any atom is 0.0589 e. The van der Waals surface area contributed by atoms with Gasteiger partial charge in [-0.1, -0.05) is 6.92 Å². The summed E-state index contributed by atoms with van der Waals surface area (Å²) in [6.45, 7) is 5.72. The fourth-order valence-corrected chi connectivity index (χ4v) is 1.19. The van der Waals surface area contributed by atoms with Gasteiger partial charge in [0.15, 0.2) is 0 Å². The van der Waals surface area contributed by atoms with Crippen molar-refractivity contribution in [3.8, 4) is 0 Å². The van der Waals surface area contributed by atoms with Gasteiger partial charge in [-0.3, -0.25) is 4.90 Å². The topological polar surface area (TPSA) is 58.7 Å². The van der Waals surface area contributed by atoms with Crippen molar-refractivity contribution in [1.29, 1.82) is 0 Å². The third-order valence-electron chi connectivity index (χ3n) is 2.05. The number of likely N-dealkylation sites (N-methyl/N-ethyl adjacent to an activating group) is 1. The van der Waals surface area contributed by atoms with Crippen LogP contribution in [-0.2, 0) is 4.74 Å². The molecule has 0 aromatic heterocycles. The number of rotatable bonds is 8. The molecule has 0 aromatic rings. The van der Waals surface area contributed by atoms with Crippen LogP contribution in [0.5, 0.6) is 0 Å². The molecule has 0 aliphatic rings. The summed E-state index contributed by atoms with van der Waals surface area (Å²) >= 11 is 0. The summed E-state index contributed by atoms with van der Waals surface area (Å²) in [5.74, 6) is 0. The minimum Gasteiger partial charge on any atom is -0.396 e. The molecule has 3 N–H and O–H groups in total. The summed E-state index contributed by atoms with van der Waals surface area (Å²) in [7, 11) is 1.70. The minimum atomic E-state index is 0.0711. The third-order valence-corrected chi connectivity index (χ3v) is 2.05. The Labute approximate surface area is 80.7 Å². The number of aliphatic hydroxyl groups is 1. The molecule has 0 aromatic carbocycles. The Hall–Kier alpha value is -0.160. The Bertz CT molecular complexity index is 112. The summed E-state index contributed by atoms with van der Waals surface area (Å²) in [4.78, 5) is 2.23. The molecule has 4 heteroatoms. The highest BCUT2D eigenvalue weighted by atomic mass is 16.5. The van der Waals surface area contributed by atoms with Gasteiger partial charge < -0.3 is 15.6 Å². The normalized spacial score (nSPS) is 13.6. The molecule has 0 saturated heterocycles. The lowest BCUT2D eigenvalue weighted by atomic mass is 10.2. The molecule has 4 nitrogen and oxygen atoms in total. The largest absolute Gasteiger partial charge is 0.396 e. The average Bonchev–Trinajstić information content (AvgIpc) is 2.12. The molecule has 0 fully saturated rings. The maximum absolute atomic E-state index is 8.68. The number of hydrogen-bond acceptors (Lipinski definition) is 4. The van der Waals surface area contributed by atoms with Crippen molar-refractivity contribution >= 4 is 0 Å². The Morgan fingerprint density at radius 3 is 2.69 bits per heavy atom. The lowest BCUT2D eigenvalue weighted by Crippen LogP contribution is -2.39. The molecule has 0 bridgehead atoms. The van der Waals surface area contributed by atoms with Crippen molar-refractivity contribution in [2.45, 2.75) is 19.4 Å². The van der Waals surface area contributed by atoms with Crippen LogP contribution < -0.4 is 5.73 Å². The van der Waals surface area contributed by atoms with Gasteiger partial charge in [-0.25, -0.2) is 0 Å². The lowest BCUT2D eigenvalue weighted by Gasteiger charge is -2.23. The van der Waals surface area contributed by atoms with Crippen LogP contribution in [0.1, 0.15) is 13.3 Å². The van der Waals surface area contributed by atoms with Crippen LogP contribution in [0.4, 0.5) is 0 Å². The predicted octanol–water partition coefficient (Wildman–Crippen LogP) is -0.336. The standard InChI is InChI=1S/C9H22N2O2/c1-3-11(5-7-13-2)8-9(10)4-6-12/h9,12H,3-8,10H2,1-2H3. The van der Waals surface area contributed by atoms with E-state index in [9.17, 15) is 0 Å². The monoisotopic (exact) mass is 190 g/mol. The minimum absolute atomic E-state index is 0.0711. The molecule has 0 radical (unpaired) electrons. The van der Waals surface area contributed by atoms with E-state index in [1.54, 1.807) is 7.11 Å². The summed E-state index contributed by atoms with van der Waals surface area (Å²) in [5.41, 5.74) is 5.79. The lowest BCUT2D eigenvalue weighted by molar-refractivity contribution is 0.144. The van der Waals surface area contributed by atoms with E-state index in [0.717, 1.165) is 26.2 Å². The molecule has 0 spiro atoms. The number of aliphatic hydroxyl groups excluding tert-OH is 1. The van der Waals surface area contributed by atoms with E-state index in [1.165, 1.54) is 0 Å². The number of nitrogens with two attached hydrogens (primary N) is 1. The first-order chi connectivity index (χ1) is 6.24. The molecular formula is C9H22N2O2. The molecule has 0 rings (SSSR count). The summed E-state index contributed by atoms with van der Waals surface area (Å²) < 4.78 is 4.98. The zero-order valence-electron chi connectivity index (χ0n) is 8.70. The van der Waals surface area contributed by atoms with E-state index in [0.29, 0.717) is 6.42 Å². The van der Waals surface area contributed by atoms with Crippen molar-refractivity contribution in [1.82, 2.24) is 4.90 Å². The zero-order valence-corrected chi connectivity index (χ0v) is 8.70. The van der Waals surface area contributed by atoms with E-state index >= 15 is 0 Å². The fraction of sp³-hybridized carbons (Fsp3) is 1.00. The second-order valence-corrected chi connectivity index (χ2v) is 3.16. The Morgan fingerprint density at radius 2 is 2.23 bits per heavy atom. The zero-order chi connectivity index (χ0) is 10.1. The van der Waals surface area contributed by atoms with Crippen molar-refractivity contribution < 1.29 is 9.84 Å². The van der Waals surface area contributed by atoms with Crippen LogP contribution in [-0.4, -0.2) is 56.0 Å². The highest BCUT2D eigenvalue weighted by molar-refractivity contribution is 4.66. The van der Waals surface area contributed by atoms with Crippen molar-refractivity contribution in [3.05, 3.63) is 0 Å². The second-order valence-electron chi connectivity index (χ2n) is 3.16. The van der Waals surface area contributed by atoms with Gasteiger partial charge in [0.05, 0.1) is 6.61 Å². The van der Waals surface area contributed by atoms with E-state index in [1.807, 2.05) is 0 Å². The van der Waals surface area contributed by atoms with Gasteiger partial charge in [0, 0.05) is 32.8 Å². The highest BCUT2D eigenvalue weighted by Crippen LogP contribution is 1.94. The van der Waals surface area contributed by atoms with Crippen LogP contribution in [0.2, 0.25) is 0 Å². The molecule has 0 amide bonds. The van der Waals surface area contributed by atoms with Gasteiger partial charge in [0.2, 0.25) is 0 Å². The van der Waals surface area contributed by atoms with Crippen LogP contribution >= 0.6 is 0 Å². The first kappa shape index (κ1) is 12.8. The Balaban J connectivity index is 3.56. The van der Waals surface area contributed by atoms with Gasteiger partial charge >= 0.3 is 0 Å². The molecule has 80 valence electrons. The molecule has 1 unspecified atom stereocenters. The van der Waals surface area contributed by atoms with Gasteiger partial charge in [-0.05, 0) is 13.0 Å². The van der Waals surface area contributed by atoms with Crippen LogP contribution in [0.25, 0.3) is 0 Å². The SMILES string of the molecule is CCN(CCOC)CC(N)CCO. The fourth-order valence-electron chi connectivity index (χ4n) is 1.19. The van der Waals surface area contributed by atoms with E-state index in [4.69, 9.17) is 15.6 Å². The molecule has 0 heterocycles. The van der Waals surface area contributed by atoms with Crippen LogP contribution in [0.15, 0.2) is 0 Å². The van der Waals surface area contributed by atoms with Crippen molar-refractivity contribution in [2.24, 2.45) is 5.73 Å². The average molecular weight is 190 g/mol. The van der Waals surface area contributed by atoms with E-state index < -0.39 is 0 Å². The van der Waals surface area contributed by atoms with Gasteiger partial charge in [-0.15, -0.1) is 0 Å². The van der Waals surface area contributed by atoms with Gasteiger partial charge in [0.25, 0.3) is 0 Å². The third kappa shape index (κ3) is 6.95. The molecule has 1 atom stereocenters. The van der Waals surface area contributed by atoms with Crippen molar-refractivity contribution in [3.63, 3.8) is 0 Å². The van der Waals surface area contributed by atoms with E-state index in [-0.39, 0.29) is 12.6 Å². The van der Waals surface area contributed by atoms with Crippen LogP contribution in [0.3, 0.4) is 0 Å². The molecule has 0 aliphatic heterocycles. The number of hydrogen-bond donors (Lipinski definition) is 2. The molecule has 0 aliphatic carbocycles. The first-order valence-electron chi connectivity index (χ1n) is 4.82. The summed E-state index contributed by atoms with van der Waals surface area (Å²) in [6, 6.07) is 0.0711. The van der Waals surface area contributed by atoms with E-state index in [2.05, 4.69) is 11.8 Å². The molecule has 0 saturated carbocycles. The number of ether oxygens (including phenoxy) is 1.